The van der Waals surface area contributed by atoms with Crippen molar-refractivity contribution in [1.29, 1.82) is 0 Å². The first-order valence-electron chi connectivity index (χ1n) is 4.58. The van der Waals surface area contributed by atoms with Gasteiger partial charge in [0, 0.05) is 0 Å². The van der Waals surface area contributed by atoms with Gasteiger partial charge in [-0.05, 0) is 22.9 Å². The summed E-state index contributed by atoms with van der Waals surface area (Å²) in [5.74, 6) is 1.44. The van der Waals surface area contributed by atoms with Gasteiger partial charge in [0.2, 0.25) is 0 Å². The Hall–Kier alpha value is -1.48. The van der Waals surface area contributed by atoms with Gasteiger partial charge in [0.15, 0.2) is 11.5 Å². The molecule has 0 bridgehead atoms. The Bertz CT molecular complexity index is 494. The molecule has 0 saturated heterocycles. The number of ether oxygens (including phenoxy) is 2. The monoisotopic (exact) mass is 219 g/mol. The second kappa shape index (κ2) is 3.95. The van der Waals surface area contributed by atoms with Crippen molar-refractivity contribution in [3.8, 4) is 11.5 Å². The Labute approximate surface area is 94.2 Å². The molecule has 0 heterocycles. The van der Waals surface area contributed by atoms with Crippen LogP contribution < -0.4 is 9.47 Å². The molecule has 0 saturated carbocycles. The summed E-state index contributed by atoms with van der Waals surface area (Å²) in [7, 11) is 3.25. The van der Waals surface area contributed by atoms with Crippen LogP contribution in [0.4, 0.5) is 0 Å². The molecule has 0 amide bonds. The maximum atomic E-state index is 5.24. The Kier molecular flexibility index (Phi) is 2.64. The standard InChI is InChI=1S/C12H12O2S/c1-13-10-6-8-4-3-5-12(15)9(8)7-11(10)14-2/h3-7,15H,1-2H3/p-1. The van der Waals surface area contributed by atoms with Crippen molar-refractivity contribution >= 4 is 23.4 Å². The summed E-state index contributed by atoms with van der Waals surface area (Å²) in [5, 5.41) is 2.09. The van der Waals surface area contributed by atoms with Crippen molar-refractivity contribution in [2.24, 2.45) is 0 Å². The Balaban J connectivity index is 2.75. The van der Waals surface area contributed by atoms with E-state index in [0.29, 0.717) is 5.75 Å². The van der Waals surface area contributed by atoms with Crippen LogP contribution >= 0.6 is 0 Å². The maximum Gasteiger partial charge on any atom is 0.161 e. The van der Waals surface area contributed by atoms with Crippen molar-refractivity contribution in [2.75, 3.05) is 14.2 Å². The average molecular weight is 219 g/mol. The summed E-state index contributed by atoms with van der Waals surface area (Å²) in [5.41, 5.74) is 0. The number of methoxy groups -OCH3 is 2. The Morgan fingerprint density at radius 2 is 1.67 bits per heavy atom. The zero-order valence-electron chi connectivity index (χ0n) is 8.61. The second-order valence-electron chi connectivity index (χ2n) is 3.18. The highest BCUT2D eigenvalue weighted by Gasteiger charge is 2.04. The minimum Gasteiger partial charge on any atom is -0.779 e. The highest BCUT2D eigenvalue weighted by atomic mass is 32.1. The lowest BCUT2D eigenvalue weighted by molar-refractivity contribution is 0.356. The first-order valence-corrected chi connectivity index (χ1v) is 4.99. The van der Waals surface area contributed by atoms with Gasteiger partial charge in [0.05, 0.1) is 14.2 Å². The normalized spacial score (nSPS) is 10.3. The van der Waals surface area contributed by atoms with Crippen molar-refractivity contribution in [3.63, 3.8) is 0 Å². The van der Waals surface area contributed by atoms with Crippen LogP contribution in [-0.2, 0) is 12.6 Å². The van der Waals surface area contributed by atoms with Gasteiger partial charge in [0.25, 0.3) is 0 Å². The smallest absolute Gasteiger partial charge is 0.161 e. The molecule has 2 aromatic carbocycles. The minimum atomic E-state index is 0.710. The number of hydrogen-bond donors (Lipinski definition) is 0. The van der Waals surface area contributed by atoms with E-state index in [1.165, 1.54) is 0 Å². The van der Waals surface area contributed by atoms with E-state index in [9.17, 15) is 0 Å². The van der Waals surface area contributed by atoms with E-state index in [0.717, 1.165) is 21.4 Å². The lowest BCUT2D eigenvalue weighted by Crippen LogP contribution is -1.91. The molecule has 15 heavy (non-hydrogen) atoms. The van der Waals surface area contributed by atoms with E-state index in [1.807, 2.05) is 30.3 Å². The molecule has 0 spiro atoms. The molecule has 0 aliphatic heterocycles. The second-order valence-corrected chi connectivity index (χ2v) is 3.62. The van der Waals surface area contributed by atoms with Crippen molar-refractivity contribution < 1.29 is 9.47 Å². The summed E-state index contributed by atoms with van der Waals surface area (Å²) in [6.07, 6.45) is 0. The van der Waals surface area contributed by atoms with E-state index in [1.54, 1.807) is 14.2 Å². The fraction of sp³-hybridized carbons (Fsp3) is 0.167. The Morgan fingerprint density at radius 1 is 1.00 bits per heavy atom. The van der Waals surface area contributed by atoms with Gasteiger partial charge in [-0.2, -0.15) is 4.90 Å². The third-order valence-corrected chi connectivity index (χ3v) is 2.70. The van der Waals surface area contributed by atoms with Crippen molar-refractivity contribution in [1.82, 2.24) is 0 Å². The first kappa shape index (κ1) is 10.1. The van der Waals surface area contributed by atoms with E-state index >= 15 is 0 Å². The quantitative estimate of drug-likeness (QED) is 0.724. The third-order valence-electron chi connectivity index (χ3n) is 2.34. The van der Waals surface area contributed by atoms with E-state index in [-0.39, 0.29) is 0 Å². The fourth-order valence-corrected chi connectivity index (χ4v) is 1.83. The predicted octanol–water partition coefficient (Wildman–Crippen LogP) is 2.76. The number of rotatable bonds is 2. The highest BCUT2D eigenvalue weighted by molar-refractivity contribution is 7.59. The zero-order chi connectivity index (χ0) is 10.8. The van der Waals surface area contributed by atoms with Gasteiger partial charge in [-0.25, -0.2) is 0 Å². The Morgan fingerprint density at radius 3 is 2.33 bits per heavy atom. The lowest BCUT2D eigenvalue weighted by atomic mass is 10.1. The summed E-state index contributed by atoms with van der Waals surface area (Å²) in [6.45, 7) is 0. The molecular weight excluding hydrogens is 208 g/mol. The summed E-state index contributed by atoms with van der Waals surface area (Å²) < 4.78 is 10.5. The van der Waals surface area contributed by atoms with Gasteiger partial charge < -0.3 is 22.1 Å². The molecule has 2 nitrogen and oxygen atoms in total. The van der Waals surface area contributed by atoms with Crippen molar-refractivity contribution in [2.45, 2.75) is 4.90 Å². The third kappa shape index (κ3) is 1.70. The fourth-order valence-electron chi connectivity index (χ4n) is 1.57. The van der Waals surface area contributed by atoms with Crippen LogP contribution in [0.15, 0.2) is 35.2 Å². The molecule has 0 atom stereocenters. The largest absolute Gasteiger partial charge is 0.779 e. The minimum absolute atomic E-state index is 0.710. The molecule has 0 aromatic heterocycles. The summed E-state index contributed by atoms with van der Waals surface area (Å²) >= 11 is 5.24. The summed E-state index contributed by atoms with van der Waals surface area (Å²) in [6, 6.07) is 9.70. The molecule has 2 rings (SSSR count). The molecule has 3 heteroatoms. The average Bonchev–Trinajstić information content (AvgIpc) is 2.28. The van der Waals surface area contributed by atoms with Crippen LogP contribution in [0.1, 0.15) is 0 Å². The van der Waals surface area contributed by atoms with Crippen LogP contribution in [0.2, 0.25) is 0 Å². The topological polar surface area (TPSA) is 18.5 Å². The van der Waals surface area contributed by atoms with E-state index < -0.39 is 0 Å². The number of benzene rings is 2. The van der Waals surface area contributed by atoms with Gasteiger partial charge in [-0.15, -0.1) is 0 Å². The molecule has 0 radical (unpaired) electrons. The van der Waals surface area contributed by atoms with Gasteiger partial charge in [-0.3, -0.25) is 0 Å². The van der Waals surface area contributed by atoms with Crippen molar-refractivity contribution in [3.05, 3.63) is 30.3 Å². The zero-order valence-corrected chi connectivity index (χ0v) is 9.43. The summed E-state index contributed by atoms with van der Waals surface area (Å²) in [4.78, 5) is 0.827. The van der Waals surface area contributed by atoms with E-state index in [4.69, 9.17) is 22.1 Å². The molecule has 2 aromatic rings. The molecular formula is C12H11O2S-. The van der Waals surface area contributed by atoms with Gasteiger partial charge in [-0.1, -0.05) is 18.2 Å². The van der Waals surface area contributed by atoms with Gasteiger partial charge in [0.1, 0.15) is 0 Å². The van der Waals surface area contributed by atoms with Crippen LogP contribution in [0.3, 0.4) is 0 Å². The van der Waals surface area contributed by atoms with Crippen LogP contribution in [0.5, 0.6) is 11.5 Å². The predicted molar refractivity (Wildman–Crippen MR) is 62.7 cm³/mol. The SMILES string of the molecule is COc1cc2cccc([S-])c2cc1OC. The molecule has 0 N–H and O–H groups in total. The lowest BCUT2D eigenvalue weighted by Gasteiger charge is -2.14. The molecule has 0 unspecified atom stereocenters. The highest BCUT2D eigenvalue weighted by Crippen LogP contribution is 2.33. The van der Waals surface area contributed by atoms with Gasteiger partial charge >= 0.3 is 0 Å². The first-order chi connectivity index (χ1) is 7.26. The van der Waals surface area contributed by atoms with Crippen LogP contribution in [0.25, 0.3) is 10.8 Å². The number of hydrogen-bond acceptors (Lipinski definition) is 3. The molecule has 0 fully saturated rings. The van der Waals surface area contributed by atoms with Crippen LogP contribution in [0, 0.1) is 0 Å². The van der Waals surface area contributed by atoms with Crippen LogP contribution in [-0.4, -0.2) is 14.2 Å². The maximum absolute atomic E-state index is 5.24. The molecule has 78 valence electrons. The molecule has 0 aliphatic carbocycles. The number of fused-ring (bicyclic) bond motifs is 1. The molecule has 0 aliphatic rings. The van der Waals surface area contributed by atoms with E-state index in [2.05, 4.69) is 0 Å².